The van der Waals surface area contributed by atoms with Crippen molar-refractivity contribution in [1.29, 1.82) is 0 Å². The summed E-state index contributed by atoms with van der Waals surface area (Å²) in [5, 5.41) is 3.11. The maximum Gasteiger partial charge on any atom is 0.224 e. The predicted octanol–water partition coefficient (Wildman–Crippen LogP) is 5.25. The summed E-state index contributed by atoms with van der Waals surface area (Å²) in [6.45, 7) is 6.86. The van der Waals surface area contributed by atoms with Crippen LogP contribution in [0.5, 0.6) is 0 Å². The molecule has 2 atom stereocenters. The minimum absolute atomic E-state index is 0.165. The monoisotopic (exact) mass is 369 g/mol. The Bertz CT molecular complexity index is 648. The van der Waals surface area contributed by atoms with Crippen molar-refractivity contribution in [3.8, 4) is 0 Å². The van der Waals surface area contributed by atoms with Crippen LogP contribution in [0.4, 0.5) is 11.5 Å². The van der Waals surface area contributed by atoms with Gasteiger partial charge >= 0.3 is 0 Å². The Morgan fingerprint density at radius 2 is 2.11 bits per heavy atom. The zero-order valence-corrected chi connectivity index (χ0v) is 17.0. The van der Waals surface area contributed by atoms with Crippen LogP contribution >= 0.6 is 0 Å². The van der Waals surface area contributed by atoms with E-state index in [0.717, 1.165) is 36.4 Å². The molecule has 2 unspecified atom stereocenters. The van der Waals surface area contributed by atoms with Crippen molar-refractivity contribution in [1.82, 2.24) is 4.98 Å². The molecule has 0 aromatic carbocycles. The van der Waals surface area contributed by atoms with E-state index in [4.69, 9.17) is 0 Å². The summed E-state index contributed by atoms with van der Waals surface area (Å²) in [5.41, 5.74) is 1.26. The lowest BCUT2D eigenvalue weighted by Crippen LogP contribution is -2.35. The molecule has 0 radical (unpaired) electrons. The van der Waals surface area contributed by atoms with E-state index in [0.29, 0.717) is 17.8 Å². The van der Waals surface area contributed by atoms with E-state index in [1.165, 1.54) is 51.4 Å². The number of hydrogen-bond donors (Lipinski definition) is 1. The van der Waals surface area contributed by atoms with Crippen molar-refractivity contribution >= 4 is 17.4 Å². The second-order valence-corrected chi connectivity index (χ2v) is 9.47. The maximum atomic E-state index is 12.7. The number of piperidine rings is 1. The number of nitrogens with one attached hydrogen (secondary N) is 1. The summed E-state index contributed by atoms with van der Waals surface area (Å²) >= 11 is 0. The standard InChI is InChI=1S/C23H35N3O/c1-3-17-6-5-13-26(16-17)21-10-9-19(15-24-21)25-22(27)14-20(18-7-4-8-18)23(2)11-12-23/h9-10,15,17-18,20H,3-8,11-14,16H2,1-2H3,(H,25,27). The molecule has 4 nitrogen and oxygen atoms in total. The SMILES string of the molecule is CCC1CCCN(c2ccc(NC(=O)CC(C3CCC3)C3(C)CC3)cn2)C1. The zero-order chi connectivity index (χ0) is 18.9. The van der Waals surface area contributed by atoms with Crippen LogP contribution in [-0.2, 0) is 4.79 Å². The van der Waals surface area contributed by atoms with Gasteiger partial charge in [-0.2, -0.15) is 0 Å². The molecule has 4 rings (SSSR count). The fraction of sp³-hybridized carbons (Fsp3) is 0.739. The summed E-state index contributed by atoms with van der Waals surface area (Å²) in [6, 6.07) is 4.09. The Kier molecular flexibility index (Phi) is 5.43. The largest absolute Gasteiger partial charge is 0.356 e. The van der Waals surface area contributed by atoms with Gasteiger partial charge in [-0.05, 0) is 61.0 Å². The predicted molar refractivity (Wildman–Crippen MR) is 111 cm³/mol. The van der Waals surface area contributed by atoms with Gasteiger partial charge in [0.2, 0.25) is 5.91 Å². The Balaban J connectivity index is 1.33. The summed E-state index contributed by atoms with van der Waals surface area (Å²) in [5.74, 6) is 3.34. The molecule has 3 fully saturated rings. The van der Waals surface area contributed by atoms with Gasteiger partial charge in [-0.1, -0.05) is 39.5 Å². The first-order valence-electron chi connectivity index (χ1n) is 11.1. The van der Waals surface area contributed by atoms with Gasteiger partial charge in [0, 0.05) is 19.5 Å². The number of carbonyl (C=O) groups excluding carboxylic acids is 1. The van der Waals surface area contributed by atoms with E-state index in [2.05, 4.69) is 35.1 Å². The minimum atomic E-state index is 0.165. The third-order valence-electron chi connectivity index (χ3n) is 7.51. The topological polar surface area (TPSA) is 45.2 Å². The molecule has 148 valence electrons. The average molecular weight is 370 g/mol. The summed E-state index contributed by atoms with van der Waals surface area (Å²) in [6.07, 6.45) is 12.9. The second kappa shape index (κ2) is 7.81. The number of amides is 1. The fourth-order valence-corrected chi connectivity index (χ4v) is 5.06. The molecule has 1 saturated heterocycles. The highest BCUT2D eigenvalue weighted by Crippen LogP contribution is 2.58. The molecular formula is C23H35N3O. The Morgan fingerprint density at radius 3 is 2.70 bits per heavy atom. The Labute approximate surface area is 164 Å². The molecule has 27 heavy (non-hydrogen) atoms. The lowest BCUT2D eigenvalue weighted by Gasteiger charge is -2.37. The fourth-order valence-electron chi connectivity index (χ4n) is 5.06. The molecule has 1 aromatic heterocycles. The molecule has 2 saturated carbocycles. The maximum absolute atomic E-state index is 12.7. The highest BCUT2D eigenvalue weighted by Gasteiger charge is 2.49. The first-order chi connectivity index (χ1) is 13.1. The second-order valence-electron chi connectivity index (χ2n) is 9.47. The van der Waals surface area contributed by atoms with E-state index in [-0.39, 0.29) is 5.91 Å². The van der Waals surface area contributed by atoms with Crippen LogP contribution in [0.3, 0.4) is 0 Å². The molecule has 4 heteroatoms. The summed E-state index contributed by atoms with van der Waals surface area (Å²) in [7, 11) is 0. The minimum Gasteiger partial charge on any atom is -0.356 e. The van der Waals surface area contributed by atoms with Crippen LogP contribution in [0.1, 0.15) is 71.6 Å². The quantitative estimate of drug-likeness (QED) is 0.713. The average Bonchev–Trinajstić information content (AvgIpc) is 3.39. The van der Waals surface area contributed by atoms with Gasteiger partial charge in [0.05, 0.1) is 11.9 Å². The lowest BCUT2D eigenvalue weighted by molar-refractivity contribution is -0.118. The molecule has 0 bridgehead atoms. The van der Waals surface area contributed by atoms with E-state index in [1.54, 1.807) is 0 Å². The van der Waals surface area contributed by atoms with Gasteiger partial charge in [-0.25, -0.2) is 4.98 Å². The van der Waals surface area contributed by atoms with E-state index < -0.39 is 0 Å². The van der Waals surface area contributed by atoms with Crippen LogP contribution in [0.25, 0.3) is 0 Å². The van der Waals surface area contributed by atoms with E-state index >= 15 is 0 Å². The normalized spacial score (nSPS) is 25.6. The van der Waals surface area contributed by atoms with Gasteiger partial charge in [-0.15, -0.1) is 0 Å². The van der Waals surface area contributed by atoms with Crippen LogP contribution in [0.15, 0.2) is 18.3 Å². The highest BCUT2D eigenvalue weighted by atomic mass is 16.1. The van der Waals surface area contributed by atoms with Crippen molar-refractivity contribution in [3.05, 3.63) is 18.3 Å². The molecule has 3 aliphatic rings. The molecule has 1 aromatic rings. The van der Waals surface area contributed by atoms with Crippen molar-refractivity contribution in [2.24, 2.45) is 23.2 Å². The lowest BCUT2D eigenvalue weighted by atomic mass is 9.68. The van der Waals surface area contributed by atoms with E-state index in [9.17, 15) is 4.79 Å². The van der Waals surface area contributed by atoms with Crippen LogP contribution in [-0.4, -0.2) is 24.0 Å². The zero-order valence-electron chi connectivity index (χ0n) is 17.0. The smallest absolute Gasteiger partial charge is 0.224 e. The van der Waals surface area contributed by atoms with Gasteiger partial charge in [-0.3, -0.25) is 4.79 Å². The molecule has 0 spiro atoms. The number of carbonyl (C=O) groups is 1. The van der Waals surface area contributed by atoms with Gasteiger partial charge in [0.1, 0.15) is 5.82 Å². The molecule has 2 heterocycles. The molecule has 2 aliphatic carbocycles. The Hall–Kier alpha value is -1.58. The number of aromatic nitrogens is 1. The van der Waals surface area contributed by atoms with Crippen LogP contribution in [0, 0.1) is 23.2 Å². The first kappa shape index (κ1) is 18.8. The molecular weight excluding hydrogens is 334 g/mol. The Morgan fingerprint density at radius 1 is 1.30 bits per heavy atom. The number of nitrogens with zero attached hydrogens (tertiary/aromatic N) is 2. The van der Waals surface area contributed by atoms with Crippen molar-refractivity contribution in [2.75, 3.05) is 23.3 Å². The third kappa shape index (κ3) is 4.30. The van der Waals surface area contributed by atoms with Crippen LogP contribution < -0.4 is 10.2 Å². The highest BCUT2D eigenvalue weighted by molar-refractivity contribution is 5.90. The van der Waals surface area contributed by atoms with Crippen LogP contribution in [0.2, 0.25) is 0 Å². The number of hydrogen-bond acceptors (Lipinski definition) is 3. The van der Waals surface area contributed by atoms with Crippen molar-refractivity contribution < 1.29 is 4.79 Å². The molecule has 1 aliphatic heterocycles. The third-order valence-corrected chi connectivity index (χ3v) is 7.51. The summed E-state index contributed by atoms with van der Waals surface area (Å²) in [4.78, 5) is 19.7. The van der Waals surface area contributed by atoms with Gasteiger partial charge < -0.3 is 10.2 Å². The van der Waals surface area contributed by atoms with Crippen molar-refractivity contribution in [3.63, 3.8) is 0 Å². The molecule has 1 N–H and O–H groups in total. The number of rotatable bonds is 7. The molecule has 1 amide bonds. The number of pyridine rings is 1. The summed E-state index contributed by atoms with van der Waals surface area (Å²) < 4.78 is 0. The van der Waals surface area contributed by atoms with E-state index in [1.807, 2.05) is 12.3 Å². The first-order valence-corrected chi connectivity index (χ1v) is 11.1. The van der Waals surface area contributed by atoms with Crippen molar-refractivity contribution in [2.45, 2.75) is 71.6 Å². The number of anilines is 2. The van der Waals surface area contributed by atoms with Gasteiger partial charge in [0.25, 0.3) is 0 Å². The van der Waals surface area contributed by atoms with Gasteiger partial charge in [0.15, 0.2) is 0 Å².